The van der Waals surface area contributed by atoms with Crippen molar-refractivity contribution >= 4 is 0 Å². The van der Waals surface area contributed by atoms with Gasteiger partial charge < -0.3 is 5.32 Å². The summed E-state index contributed by atoms with van der Waals surface area (Å²) in [5.41, 5.74) is 2.40. The predicted molar refractivity (Wildman–Crippen MR) is 87.8 cm³/mol. The molecule has 1 aromatic rings. The summed E-state index contributed by atoms with van der Waals surface area (Å²) in [5, 5.41) is 3.84. The number of benzene rings is 1. The summed E-state index contributed by atoms with van der Waals surface area (Å²) in [7, 11) is 0. The second kappa shape index (κ2) is 5.89. The Balaban J connectivity index is 1.96. The zero-order chi connectivity index (χ0) is 14.8. The van der Waals surface area contributed by atoms with E-state index < -0.39 is 0 Å². The summed E-state index contributed by atoms with van der Waals surface area (Å²) in [6.07, 6.45) is 3.81. The summed E-state index contributed by atoms with van der Waals surface area (Å²) in [6.45, 7) is 13.0. The standard InChI is InChI=1S/C19H31N/c1-6-7-13-16(15-11-9-8-10-12-15)20-14-17-18(2,3)19(17,4)5/h8-12,16-17,20H,6-7,13-14H2,1-5H3. The third-order valence-electron chi connectivity index (χ3n) is 5.94. The molecule has 0 aromatic heterocycles. The number of hydrogen-bond donors (Lipinski definition) is 1. The summed E-state index contributed by atoms with van der Waals surface area (Å²) >= 11 is 0. The van der Waals surface area contributed by atoms with E-state index in [1.807, 2.05) is 0 Å². The van der Waals surface area contributed by atoms with Crippen LogP contribution < -0.4 is 5.32 Å². The highest BCUT2D eigenvalue weighted by molar-refractivity contribution is 5.19. The minimum Gasteiger partial charge on any atom is -0.310 e. The van der Waals surface area contributed by atoms with Gasteiger partial charge in [-0.15, -0.1) is 0 Å². The van der Waals surface area contributed by atoms with Gasteiger partial charge in [-0.2, -0.15) is 0 Å². The van der Waals surface area contributed by atoms with Gasteiger partial charge in [-0.3, -0.25) is 0 Å². The lowest BCUT2D eigenvalue weighted by molar-refractivity contribution is 0.439. The Morgan fingerprint density at radius 1 is 1.05 bits per heavy atom. The van der Waals surface area contributed by atoms with Crippen molar-refractivity contribution < 1.29 is 0 Å². The smallest absolute Gasteiger partial charge is 0.0320 e. The molecule has 2 rings (SSSR count). The highest BCUT2D eigenvalue weighted by Gasteiger charge is 2.63. The molecule has 1 nitrogen and oxygen atoms in total. The molecule has 1 N–H and O–H groups in total. The molecule has 0 saturated heterocycles. The van der Waals surface area contributed by atoms with E-state index >= 15 is 0 Å². The predicted octanol–water partition coefficient (Wildman–Crippen LogP) is 5.19. The number of rotatable bonds is 7. The maximum absolute atomic E-state index is 3.84. The summed E-state index contributed by atoms with van der Waals surface area (Å²) < 4.78 is 0. The molecule has 1 atom stereocenters. The first-order valence-corrected chi connectivity index (χ1v) is 8.19. The SMILES string of the molecule is CCCCC(NCC1C(C)(C)C1(C)C)c1ccccc1. The number of hydrogen-bond acceptors (Lipinski definition) is 1. The topological polar surface area (TPSA) is 12.0 Å². The van der Waals surface area contributed by atoms with Crippen LogP contribution in [0.15, 0.2) is 30.3 Å². The van der Waals surface area contributed by atoms with Crippen LogP contribution in [-0.2, 0) is 0 Å². The van der Waals surface area contributed by atoms with Crippen molar-refractivity contribution in [2.75, 3.05) is 6.54 Å². The average Bonchev–Trinajstić information content (AvgIpc) is 2.81. The number of unbranched alkanes of at least 4 members (excludes halogenated alkanes) is 1. The Labute approximate surface area is 125 Å². The Morgan fingerprint density at radius 3 is 2.15 bits per heavy atom. The van der Waals surface area contributed by atoms with Crippen molar-refractivity contribution in [3.63, 3.8) is 0 Å². The number of nitrogens with one attached hydrogen (secondary N) is 1. The Hall–Kier alpha value is -0.820. The van der Waals surface area contributed by atoms with Crippen LogP contribution in [0.1, 0.15) is 65.5 Å². The fourth-order valence-electron chi connectivity index (χ4n) is 3.58. The molecule has 1 saturated carbocycles. The van der Waals surface area contributed by atoms with Crippen LogP contribution in [0.3, 0.4) is 0 Å². The van der Waals surface area contributed by atoms with Crippen LogP contribution in [0, 0.1) is 16.7 Å². The monoisotopic (exact) mass is 273 g/mol. The molecule has 1 fully saturated rings. The average molecular weight is 273 g/mol. The highest BCUT2D eigenvalue weighted by atomic mass is 14.9. The zero-order valence-corrected chi connectivity index (χ0v) is 13.9. The van der Waals surface area contributed by atoms with Gasteiger partial charge in [0, 0.05) is 6.04 Å². The van der Waals surface area contributed by atoms with Crippen LogP contribution in [0.5, 0.6) is 0 Å². The maximum Gasteiger partial charge on any atom is 0.0320 e. The lowest BCUT2D eigenvalue weighted by atomic mass is 10.0. The molecule has 0 spiro atoms. The minimum absolute atomic E-state index is 0.478. The van der Waals surface area contributed by atoms with Crippen molar-refractivity contribution in [1.82, 2.24) is 5.32 Å². The van der Waals surface area contributed by atoms with E-state index in [1.54, 1.807) is 0 Å². The third kappa shape index (κ3) is 2.93. The van der Waals surface area contributed by atoms with Gasteiger partial charge in [-0.25, -0.2) is 0 Å². The Morgan fingerprint density at radius 2 is 1.65 bits per heavy atom. The van der Waals surface area contributed by atoms with Crippen molar-refractivity contribution in [1.29, 1.82) is 0 Å². The zero-order valence-electron chi connectivity index (χ0n) is 13.9. The van der Waals surface area contributed by atoms with Crippen molar-refractivity contribution in [2.45, 2.75) is 59.9 Å². The van der Waals surface area contributed by atoms with E-state index in [4.69, 9.17) is 0 Å². The lowest BCUT2D eigenvalue weighted by Crippen LogP contribution is -2.25. The molecular weight excluding hydrogens is 242 g/mol. The van der Waals surface area contributed by atoms with Crippen LogP contribution in [0.4, 0.5) is 0 Å². The van der Waals surface area contributed by atoms with E-state index in [0.717, 1.165) is 12.5 Å². The molecular formula is C19H31N. The van der Waals surface area contributed by atoms with Gasteiger partial charge in [-0.1, -0.05) is 77.8 Å². The fourth-order valence-corrected chi connectivity index (χ4v) is 3.58. The Bertz CT molecular complexity index is 405. The minimum atomic E-state index is 0.478. The van der Waals surface area contributed by atoms with Crippen LogP contribution >= 0.6 is 0 Å². The van der Waals surface area contributed by atoms with Crippen molar-refractivity contribution in [3.8, 4) is 0 Å². The molecule has 1 aromatic carbocycles. The molecule has 0 heterocycles. The largest absolute Gasteiger partial charge is 0.310 e. The molecule has 112 valence electrons. The fraction of sp³-hybridized carbons (Fsp3) is 0.684. The van der Waals surface area contributed by atoms with Crippen LogP contribution in [-0.4, -0.2) is 6.54 Å². The van der Waals surface area contributed by atoms with Crippen LogP contribution in [0.2, 0.25) is 0 Å². The van der Waals surface area contributed by atoms with E-state index in [-0.39, 0.29) is 0 Å². The van der Waals surface area contributed by atoms with E-state index in [2.05, 4.69) is 70.3 Å². The van der Waals surface area contributed by atoms with Gasteiger partial charge in [0.2, 0.25) is 0 Å². The molecule has 0 amide bonds. The first kappa shape index (κ1) is 15.6. The molecule has 20 heavy (non-hydrogen) atoms. The van der Waals surface area contributed by atoms with E-state index in [9.17, 15) is 0 Å². The normalized spacial score (nSPS) is 21.6. The molecule has 1 aliphatic carbocycles. The lowest BCUT2D eigenvalue weighted by Gasteiger charge is -2.20. The quantitative estimate of drug-likeness (QED) is 0.721. The third-order valence-corrected chi connectivity index (χ3v) is 5.94. The molecule has 0 radical (unpaired) electrons. The van der Waals surface area contributed by atoms with Gasteiger partial charge in [0.15, 0.2) is 0 Å². The maximum atomic E-state index is 3.84. The van der Waals surface area contributed by atoms with Gasteiger partial charge in [0.25, 0.3) is 0 Å². The second-order valence-electron chi connectivity index (χ2n) is 7.51. The second-order valence-corrected chi connectivity index (χ2v) is 7.51. The van der Waals surface area contributed by atoms with E-state index in [0.29, 0.717) is 16.9 Å². The molecule has 1 heteroatoms. The van der Waals surface area contributed by atoms with Gasteiger partial charge in [0.1, 0.15) is 0 Å². The summed E-state index contributed by atoms with van der Waals surface area (Å²) in [4.78, 5) is 0. The molecule has 1 unspecified atom stereocenters. The molecule has 1 aliphatic rings. The summed E-state index contributed by atoms with van der Waals surface area (Å²) in [6, 6.07) is 11.4. The van der Waals surface area contributed by atoms with Crippen molar-refractivity contribution in [2.24, 2.45) is 16.7 Å². The first-order valence-electron chi connectivity index (χ1n) is 8.19. The van der Waals surface area contributed by atoms with E-state index in [1.165, 1.54) is 24.8 Å². The molecule has 0 bridgehead atoms. The van der Waals surface area contributed by atoms with Gasteiger partial charge in [-0.05, 0) is 35.3 Å². The van der Waals surface area contributed by atoms with Crippen LogP contribution in [0.25, 0.3) is 0 Å². The van der Waals surface area contributed by atoms with Crippen molar-refractivity contribution in [3.05, 3.63) is 35.9 Å². The highest BCUT2D eigenvalue weighted by Crippen LogP contribution is 2.68. The van der Waals surface area contributed by atoms with Gasteiger partial charge >= 0.3 is 0 Å². The first-order chi connectivity index (χ1) is 9.41. The molecule has 0 aliphatic heterocycles. The Kier molecular flexibility index (Phi) is 4.59. The summed E-state index contributed by atoms with van der Waals surface area (Å²) in [5.74, 6) is 0.794. The van der Waals surface area contributed by atoms with Gasteiger partial charge in [0.05, 0.1) is 0 Å².